The van der Waals surface area contributed by atoms with Crippen LogP contribution < -0.4 is 10.5 Å². The van der Waals surface area contributed by atoms with Gasteiger partial charge in [0.25, 0.3) is 10.0 Å². The second-order valence-electron chi connectivity index (χ2n) is 4.52. The van der Waals surface area contributed by atoms with E-state index in [1.165, 1.54) is 48.3 Å². The maximum absolute atomic E-state index is 12.2. The molecule has 0 aliphatic carbocycles. The standard InChI is InChI=1S/C14H12N6O2S2/c15-13(12-9-16-5-6-17-12)19-10-1-3-11(4-2-10)24(21,22)20-14-18-7-8-23-14/h1-9H,(H2,15,19)(H,18,20). The van der Waals surface area contributed by atoms with E-state index in [0.717, 1.165) is 0 Å². The molecule has 0 bridgehead atoms. The van der Waals surface area contributed by atoms with Crippen molar-refractivity contribution in [3.63, 3.8) is 0 Å². The first kappa shape index (κ1) is 16.0. The van der Waals surface area contributed by atoms with Crippen LogP contribution in [0, 0.1) is 0 Å². The van der Waals surface area contributed by atoms with Crippen LogP contribution in [-0.4, -0.2) is 29.2 Å². The lowest BCUT2D eigenvalue weighted by molar-refractivity contribution is 0.601. The SMILES string of the molecule is NC(=Nc1ccc(S(=O)(=O)Nc2nccs2)cc1)c1cnccn1. The molecular formula is C14H12N6O2S2. The molecule has 24 heavy (non-hydrogen) atoms. The molecule has 0 radical (unpaired) electrons. The fourth-order valence-electron chi connectivity index (χ4n) is 1.78. The van der Waals surface area contributed by atoms with Crippen molar-refractivity contribution in [1.29, 1.82) is 0 Å². The van der Waals surface area contributed by atoms with E-state index in [9.17, 15) is 8.42 Å². The summed E-state index contributed by atoms with van der Waals surface area (Å²) in [6.07, 6.45) is 6.06. The highest BCUT2D eigenvalue weighted by Crippen LogP contribution is 2.20. The smallest absolute Gasteiger partial charge is 0.263 e. The number of amidine groups is 1. The predicted molar refractivity (Wildman–Crippen MR) is 91.8 cm³/mol. The Morgan fingerprint density at radius 2 is 1.92 bits per heavy atom. The summed E-state index contributed by atoms with van der Waals surface area (Å²) in [6, 6.07) is 6.00. The normalized spacial score (nSPS) is 12.1. The Kier molecular flexibility index (Phi) is 4.49. The number of hydrogen-bond donors (Lipinski definition) is 2. The number of hydrogen-bond acceptors (Lipinski definition) is 7. The molecular weight excluding hydrogens is 348 g/mol. The topological polar surface area (TPSA) is 123 Å². The Morgan fingerprint density at radius 1 is 1.12 bits per heavy atom. The molecule has 0 aliphatic heterocycles. The molecule has 3 N–H and O–H groups in total. The highest BCUT2D eigenvalue weighted by Gasteiger charge is 2.15. The van der Waals surface area contributed by atoms with E-state index in [1.54, 1.807) is 17.5 Å². The molecule has 0 fully saturated rings. The molecule has 2 heterocycles. The summed E-state index contributed by atoms with van der Waals surface area (Å²) in [7, 11) is -3.68. The molecule has 0 atom stereocenters. The number of nitrogens with zero attached hydrogens (tertiary/aromatic N) is 4. The lowest BCUT2D eigenvalue weighted by Gasteiger charge is -2.05. The molecule has 3 aromatic rings. The van der Waals surface area contributed by atoms with E-state index in [0.29, 0.717) is 16.5 Å². The summed E-state index contributed by atoms with van der Waals surface area (Å²) in [5, 5.41) is 1.99. The third-order valence-corrected chi connectivity index (χ3v) is 5.05. The Labute approximate surface area is 142 Å². The van der Waals surface area contributed by atoms with Crippen LogP contribution in [0.5, 0.6) is 0 Å². The fourth-order valence-corrected chi connectivity index (χ4v) is 3.56. The molecule has 0 unspecified atom stereocenters. The van der Waals surface area contributed by atoms with E-state index in [-0.39, 0.29) is 10.7 Å². The zero-order chi connectivity index (χ0) is 17.0. The molecule has 0 saturated carbocycles. The van der Waals surface area contributed by atoms with E-state index < -0.39 is 10.0 Å². The van der Waals surface area contributed by atoms with Crippen LogP contribution >= 0.6 is 11.3 Å². The first-order chi connectivity index (χ1) is 11.5. The van der Waals surface area contributed by atoms with Crippen LogP contribution in [-0.2, 0) is 10.0 Å². The van der Waals surface area contributed by atoms with Crippen molar-refractivity contribution in [2.45, 2.75) is 4.90 Å². The zero-order valence-electron chi connectivity index (χ0n) is 12.2. The molecule has 0 spiro atoms. The predicted octanol–water partition coefficient (Wildman–Crippen LogP) is 1.77. The first-order valence-electron chi connectivity index (χ1n) is 6.67. The van der Waals surface area contributed by atoms with E-state index in [1.807, 2.05) is 0 Å². The van der Waals surface area contributed by atoms with Gasteiger partial charge in [0.15, 0.2) is 11.0 Å². The van der Waals surface area contributed by atoms with Gasteiger partial charge in [-0.15, -0.1) is 11.3 Å². The molecule has 0 amide bonds. The lowest BCUT2D eigenvalue weighted by atomic mass is 10.3. The Morgan fingerprint density at radius 3 is 2.54 bits per heavy atom. The summed E-state index contributed by atoms with van der Waals surface area (Å²) < 4.78 is 26.9. The molecule has 8 nitrogen and oxygen atoms in total. The largest absolute Gasteiger partial charge is 0.382 e. The number of aliphatic imine (C=N–C) groups is 1. The van der Waals surface area contributed by atoms with Gasteiger partial charge >= 0.3 is 0 Å². The van der Waals surface area contributed by atoms with E-state index in [2.05, 4.69) is 24.7 Å². The Bertz CT molecular complexity index is 939. The Balaban J connectivity index is 1.80. The van der Waals surface area contributed by atoms with Gasteiger partial charge in [0.2, 0.25) is 0 Å². The first-order valence-corrected chi connectivity index (χ1v) is 9.04. The monoisotopic (exact) mass is 360 g/mol. The van der Waals surface area contributed by atoms with Crippen LogP contribution in [0.25, 0.3) is 0 Å². The molecule has 122 valence electrons. The van der Waals surface area contributed by atoms with Gasteiger partial charge in [-0.05, 0) is 24.3 Å². The van der Waals surface area contributed by atoms with Crippen LogP contribution in [0.4, 0.5) is 10.8 Å². The van der Waals surface area contributed by atoms with Crippen LogP contribution in [0.2, 0.25) is 0 Å². The van der Waals surface area contributed by atoms with Gasteiger partial charge in [0.05, 0.1) is 16.8 Å². The number of sulfonamides is 1. The highest BCUT2D eigenvalue weighted by molar-refractivity contribution is 7.93. The average molecular weight is 360 g/mol. The summed E-state index contributed by atoms with van der Waals surface area (Å²) in [4.78, 5) is 16.2. The van der Waals surface area contributed by atoms with Crippen molar-refractivity contribution < 1.29 is 8.42 Å². The van der Waals surface area contributed by atoms with Crippen molar-refractivity contribution in [2.75, 3.05) is 4.72 Å². The average Bonchev–Trinajstić information content (AvgIpc) is 3.08. The van der Waals surface area contributed by atoms with Crippen LogP contribution in [0.3, 0.4) is 0 Å². The molecule has 1 aromatic carbocycles. The fraction of sp³-hybridized carbons (Fsp3) is 0. The minimum Gasteiger partial charge on any atom is -0.382 e. The third kappa shape index (κ3) is 3.73. The van der Waals surface area contributed by atoms with Gasteiger partial charge in [0, 0.05) is 24.0 Å². The van der Waals surface area contributed by atoms with E-state index >= 15 is 0 Å². The summed E-state index contributed by atoms with van der Waals surface area (Å²) in [5.74, 6) is 0.194. The molecule has 0 saturated heterocycles. The second kappa shape index (κ2) is 6.72. The van der Waals surface area contributed by atoms with Gasteiger partial charge in [-0.1, -0.05) is 0 Å². The van der Waals surface area contributed by atoms with Crippen molar-refractivity contribution in [3.05, 3.63) is 60.1 Å². The van der Waals surface area contributed by atoms with Crippen molar-refractivity contribution >= 4 is 38.0 Å². The van der Waals surface area contributed by atoms with Crippen LogP contribution in [0.15, 0.2) is 64.3 Å². The van der Waals surface area contributed by atoms with Crippen molar-refractivity contribution in [2.24, 2.45) is 10.7 Å². The maximum Gasteiger partial charge on any atom is 0.263 e. The van der Waals surface area contributed by atoms with Gasteiger partial charge in [-0.3, -0.25) is 9.71 Å². The van der Waals surface area contributed by atoms with Gasteiger partial charge < -0.3 is 5.73 Å². The number of benzene rings is 1. The van der Waals surface area contributed by atoms with Crippen LogP contribution in [0.1, 0.15) is 5.69 Å². The Hall–Kier alpha value is -2.85. The second-order valence-corrected chi connectivity index (χ2v) is 7.10. The van der Waals surface area contributed by atoms with Gasteiger partial charge in [-0.2, -0.15) is 0 Å². The van der Waals surface area contributed by atoms with Crippen molar-refractivity contribution in [1.82, 2.24) is 15.0 Å². The molecule has 10 heteroatoms. The summed E-state index contributed by atoms with van der Waals surface area (Å²) >= 11 is 1.20. The number of anilines is 1. The number of nitrogens with two attached hydrogens (primary N) is 1. The third-order valence-electron chi connectivity index (χ3n) is 2.88. The van der Waals surface area contributed by atoms with Crippen molar-refractivity contribution in [3.8, 4) is 0 Å². The molecule has 2 aromatic heterocycles. The minimum atomic E-state index is -3.68. The number of rotatable bonds is 5. The van der Waals surface area contributed by atoms with Gasteiger partial charge in [0.1, 0.15) is 5.69 Å². The summed E-state index contributed by atoms with van der Waals surface area (Å²) in [5.41, 5.74) is 6.80. The summed E-state index contributed by atoms with van der Waals surface area (Å²) in [6.45, 7) is 0. The zero-order valence-corrected chi connectivity index (χ0v) is 13.8. The van der Waals surface area contributed by atoms with Gasteiger partial charge in [-0.25, -0.2) is 23.4 Å². The van der Waals surface area contributed by atoms with E-state index in [4.69, 9.17) is 5.73 Å². The number of nitrogens with one attached hydrogen (secondary N) is 1. The minimum absolute atomic E-state index is 0.106. The quantitative estimate of drug-likeness (QED) is 0.528. The molecule has 3 rings (SSSR count). The molecule has 0 aliphatic rings. The highest BCUT2D eigenvalue weighted by atomic mass is 32.2. The maximum atomic E-state index is 12.2. The number of aromatic nitrogens is 3. The lowest BCUT2D eigenvalue weighted by Crippen LogP contribution is -2.15. The number of thiazole rings is 1.